The third-order valence-electron chi connectivity index (χ3n) is 5.59. The molecule has 8 heteroatoms. The molecule has 28 heavy (non-hydrogen) atoms. The predicted octanol–water partition coefficient (Wildman–Crippen LogP) is 3.26. The minimum Gasteiger partial charge on any atom is -0.496 e. The molecular weight excluding hydrogens is 373 g/mol. The van der Waals surface area contributed by atoms with Gasteiger partial charge in [-0.25, -0.2) is 0 Å². The van der Waals surface area contributed by atoms with Crippen LogP contribution in [0.1, 0.15) is 47.7 Å². The van der Waals surface area contributed by atoms with Crippen molar-refractivity contribution in [2.24, 2.45) is 0 Å². The maximum atomic E-state index is 13.2. The lowest BCUT2D eigenvalue weighted by Gasteiger charge is -2.38. The van der Waals surface area contributed by atoms with E-state index in [-0.39, 0.29) is 23.4 Å². The van der Waals surface area contributed by atoms with Crippen molar-refractivity contribution in [3.8, 4) is 5.75 Å². The lowest BCUT2D eigenvalue weighted by Crippen LogP contribution is -2.56. The number of hydrogen-bond acceptors (Lipinski definition) is 4. The van der Waals surface area contributed by atoms with Gasteiger partial charge in [-0.2, -0.15) is 13.2 Å². The molecule has 156 valence electrons. The number of nitrogens with one attached hydrogen (secondary N) is 1. The van der Waals surface area contributed by atoms with Crippen LogP contribution in [0.3, 0.4) is 0 Å². The van der Waals surface area contributed by atoms with Crippen LogP contribution in [0.15, 0.2) is 12.1 Å². The van der Waals surface area contributed by atoms with Crippen LogP contribution in [0.4, 0.5) is 13.2 Å². The van der Waals surface area contributed by atoms with Gasteiger partial charge in [0.05, 0.1) is 30.9 Å². The van der Waals surface area contributed by atoms with Gasteiger partial charge in [0.1, 0.15) is 5.75 Å². The quantitative estimate of drug-likeness (QED) is 0.824. The molecule has 2 heterocycles. The Morgan fingerprint density at radius 3 is 2.64 bits per heavy atom. The molecule has 0 bridgehead atoms. The van der Waals surface area contributed by atoms with Gasteiger partial charge in [-0.1, -0.05) is 6.92 Å². The van der Waals surface area contributed by atoms with Crippen LogP contribution in [0.2, 0.25) is 0 Å². The molecule has 0 aliphatic carbocycles. The van der Waals surface area contributed by atoms with Gasteiger partial charge >= 0.3 is 6.18 Å². The highest BCUT2D eigenvalue weighted by atomic mass is 19.4. The van der Waals surface area contributed by atoms with Crippen LogP contribution < -0.4 is 10.1 Å². The average molecular weight is 400 g/mol. The van der Waals surface area contributed by atoms with Crippen LogP contribution >= 0.6 is 0 Å². The van der Waals surface area contributed by atoms with E-state index in [1.54, 1.807) is 6.92 Å². The van der Waals surface area contributed by atoms with Crippen LogP contribution in [0.25, 0.3) is 0 Å². The average Bonchev–Trinajstić information content (AvgIpc) is 3.21. The molecule has 2 atom stereocenters. The SMILES string of the molecule is CCc1cc(C(F)(F)F)cc(OC)c1C(=O)NC1COCCC1N1CCCC1. The first-order valence-corrected chi connectivity index (χ1v) is 9.76. The fourth-order valence-electron chi connectivity index (χ4n) is 4.15. The first-order valence-electron chi connectivity index (χ1n) is 9.76. The Hall–Kier alpha value is -1.80. The maximum absolute atomic E-state index is 13.2. The van der Waals surface area contributed by atoms with E-state index in [1.165, 1.54) is 7.11 Å². The molecule has 5 nitrogen and oxygen atoms in total. The molecule has 2 aliphatic rings. The lowest BCUT2D eigenvalue weighted by molar-refractivity contribution is -0.137. The van der Waals surface area contributed by atoms with Crippen molar-refractivity contribution in [2.45, 2.75) is 50.9 Å². The molecule has 3 rings (SSSR count). The van der Waals surface area contributed by atoms with Crippen molar-refractivity contribution < 1.29 is 27.4 Å². The van der Waals surface area contributed by atoms with Crippen molar-refractivity contribution in [1.29, 1.82) is 0 Å². The lowest BCUT2D eigenvalue weighted by atomic mass is 9.97. The topological polar surface area (TPSA) is 50.8 Å². The summed E-state index contributed by atoms with van der Waals surface area (Å²) in [6, 6.07) is 1.91. The van der Waals surface area contributed by atoms with Crippen molar-refractivity contribution in [3.63, 3.8) is 0 Å². The third-order valence-corrected chi connectivity index (χ3v) is 5.59. The number of ether oxygens (including phenoxy) is 2. The zero-order valence-electron chi connectivity index (χ0n) is 16.3. The number of amides is 1. The zero-order valence-corrected chi connectivity index (χ0v) is 16.3. The molecule has 1 aromatic carbocycles. The van der Waals surface area contributed by atoms with Crippen LogP contribution in [-0.2, 0) is 17.3 Å². The highest BCUT2D eigenvalue weighted by Gasteiger charge is 2.36. The summed E-state index contributed by atoms with van der Waals surface area (Å²) < 4.78 is 50.2. The minimum atomic E-state index is -4.50. The first kappa shape index (κ1) is 20.9. The summed E-state index contributed by atoms with van der Waals surface area (Å²) in [5, 5.41) is 3.00. The molecular formula is C20H27F3N2O3. The smallest absolute Gasteiger partial charge is 0.416 e. The molecule has 0 aromatic heterocycles. The molecule has 2 aliphatic heterocycles. The largest absolute Gasteiger partial charge is 0.496 e. The van der Waals surface area contributed by atoms with Gasteiger partial charge in [0, 0.05) is 12.6 Å². The molecule has 1 amide bonds. The summed E-state index contributed by atoms with van der Waals surface area (Å²) in [7, 11) is 1.28. The Balaban J connectivity index is 1.86. The molecule has 0 spiro atoms. The summed E-state index contributed by atoms with van der Waals surface area (Å²) in [5.41, 5.74) is -0.323. The van der Waals surface area contributed by atoms with E-state index in [0.29, 0.717) is 25.2 Å². The first-order chi connectivity index (χ1) is 13.3. The Morgan fingerprint density at radius 1 is 1.32 bits per heavy atom. The van der Waals surface area contributed by atoms with E-state index < -0.39 is 17.6 Å². The summed E-state index contributed by atoms with van der Waals surface area (Å²) >= 11 is 0. The Morgan fingerprint density at radius 2 is 2.04 bits per heavy atom. The summed E-state index contributed by atoms with van der Waals surface area (Å²) in [5.74, 6) is -0.472. The van der Waals surface area contributed by atoms with E-state index in [2.05, 4.69) is 10.2 Å². The van der Waals surface area contributed by atoms with Crippen LogP contribution in [-0.4, -0.2) is 56.3 Å². The summed E-state index contributed by atoms with van der Waals surface area (Å²) in [6.07, 6.45) is -1.09. The van der Waals surface area contributed by atoms with Gasteiger partial charge in [0.15, 0.2) is 0 Å². The number of methoxy groups -OCH3 is 1. The van der Waals surface area contributed by atoms with Gasteiger partial charge in [0.2, 0.25) is 0 Å². The van der Waals surface area contributed by atoms with E-state index in [1.807, 2.05) is 0 Å². The number of halogens is 3. The van der Waals surface area contributed by atoms with E-state index >= 15 is 0 Å². The molecule has 0 saturated carbocycles. The van der Waals surface area contributed by atoms with Gasteiger partial charge in [-0.3, -0.25) is 9.69 Å². The predicted molar refractivity (Wildman–Crippen MR) is 98.7 cm³/mol. The van der Waals surface area contributed by atoms with Crippen molar-refractivity contribution in [1.82, 2.24) is 10.2 Å². The maximum Gasteiger partial charge on any atom is 0.416 e. The molecule has 2 saturated heterocycles. The number of aryl methyl sites for hydroxylation is 1. The summed E-state index contributed by atoms with van der Waals surface area (Å²) in [4.78, 5) is 15.4. The monoisotopic (exact) mass is 400 g/mol. The van der Waals surface area contributed by atoms with Crippen molar-refractivity contribution in [3.05, 3.63) is 28.8 Å². The fraction of sp³-hybridized carbons (Fsp3) is 0.650. The number of alkyl halides is 3. The van der Waals surface area contributed by atoms with Gasteiger partial charge in [-0.05, 0) is 56.5 Å². The van der Waals surface area contributed by atoms with Crippen molar-refractivity contribution >= 4 is 5.91 Å². The molecule has 0 radical (unpaired) electrons. The van der Waals surface area contributed by atoms with Gasteiger partial charge < -0.3 is 14.8 Å². The number of benzene rings is 1. The second-order valence-electron chi connectivity index (χ2n) is 7.32. The Bertz CT molecular complexity index is 677. The zero-order chi connectivity index (χ0) is 20.3. The number of carbonyl (C=O) groups excluding carboxylic acids is 1. The molecule has 2 unspecified atom stereocenters. The molecule has 1 N–H and O–H groups in total. The van der Waals surface area contributed by atoms with E-state index in [4.69, 9.17) is 9.47 Å². The number of rotatable bonds is 5. The summed E-state index contributed by atoms with van der Waals surface area (Å²) in [6.45, 7) is 4.78. The standard InChI is InChI=1S/C20H27F3N2O3/c1-3-13-10-14(20(21,22)23)11-17(27-2)18(13)19(26)24-15-12-28-9-6-16(15)25-7-4-5-8-25/h10-11,15-16H,3-9,12H2,1-2H3,(H,24,26). The Kier molecular flexibility index (Phi) is 6.50. The minimum absolute atomic E-state index is 0.0568. The number of carbonyl (C=O) groups is 1. The van der Waals surface area contributed by atoms with E-state index in [0.717, 1.165) is 44.5 Å². The van der Waals surface area contributed by atoms with Crippen molar-refractivity contribution in [2.75, 3.05) is 33.4 Å². The highest BCUT2D eigenvalue weighted by Crippen LogP contribution is 2.35. The normalized spacial score (nSPS) is 23.6. The van der Waals surface area contributed by atoms with E-state index in [9.17, 15) is 18.0 Å². The number of nitrogens with zero attached hydrogens (tertiary/aromatic N) is 1. The second-order valence-corrected chi connectivity index (χ2v) is 7.32. The number of likely N-dealkylation sites (tertiary alicyclic amines) is 1. The van der Waals surface area contributed by atoms with Crippen LogP contribution in [0.5, 0.6) is 5.75 Å². The molecule has 2 fully saturated rings. The van der Waals surface area contributed by atoms with Gasteiger partial charge in [-0.15, -0.1) is 0 Å². The Labute approximate surface area is 163 Å². The number of hydrogen-bond donors (Lipinski definition) is 1. The highest BCUT2D eigenvalue weighted by molar-refractivity contribution is 5.99. The fourth-order valence-corrected chi connectivity index (χ4v) is 4.15. The molecule has 1 aromatic rings. The second kappa shape index (κ2) is 8.69. The third kappa shape index (κ3) is 4.43. The van der Waals surface area contributed by atoms with Gasteiger partial charge in [0.25, 0.3) is 5.91 Å². The van der Waals surface area contributed by atoms with Crippen LogP contribution in [0, 0.1) is 0 Å².